The van der Waals surface area contributed by atoms with Crippen LogP contribution in [0.3, 0.4) is 0 Å². The first-order valence-electron chi connectivity index (χ1n) is 11.1. The number of rotatable bonds is 11. The van der Waals surface area contributed by atoms with Crippen molar-refractivity contribution in [3.8, 4) is 11.5 Å². The Morgan fingerprint density at radius 1 is 1.11 bits per heavy atom. The van der Waals surface area contributed by atoms with Crippen LogP contribution in [0.25, 0.3) is 6.08 Å². The molecule has 0 aliphatic rings. The Morgan fingerprint density at radius 2 is 1.89 bits per heavy atom. The Kier molecular flexibility index (Phi) is 9.95. The number of carbonyl (C=O) groups is 2. The molecule has 0 aliphatic heterocycles. The Labute approximate surface area is 222 Å². The number of nitrogens with one attached hydrogen (secondary N) is 2. The molecule has 9 nitrogen and oxygen atoms in total. The maximum absolute atomic E-state index is 12.4. The SMILES string of the molecule is CCn1c(CNC(=O)C=Cc2ccc(OC)c(OC)c2)nnc1SCC(=O)Nc1ccc(Br)c(C)c1. The lowest BCUT2D eigenvalue weighted by Crippen LogP contribution is -2.22. The summed E-state index contributed by atoms with van der Waals surface area (Å²) in [5, 5.41) is 14.7. The number of benzene rings is 2. The molecular formula is C25H28BrN5O4S. The number of hydrogen-bond acceptors (Lipinski definition) is 7. The second kappa shape index (κ2) is 13.1. The Balaban J connectivity index is 1.54. The third kappa shape index (κ3) is 7.34. The molecule has 36 heavy (non-hydrogen) atoms. The molecule has 11 heteroatoms. The minimum absolute atomic E-state index is 0.137. The number of hydrogen-bond donors (Lipinski definition) is 2. The zero-order chi connectivity index (χ0) is 26.1. The highest BCUT2D eigenvalue weighted by Gasteiger charge is 2.14. The smallest absolute Gasteiger partial charge is 0.244 e. The maximum atomic E-state index is 12.4. The van der Waals surface area contributed by atoms with Crippen LogP contribution in [0, 0.1) is 6.92 Å². The van der Waals surface area contributed by atoms with Crippen molar-refractivity contribution in [2.75, 3.05) is 25.3 Å². The minimum atomic E-state index is -0.270. The molecule has 3 aromatic rings. The van der Waals surface area contributed by atoms with Crippen LogP contribution in [-0.4, -0.2) is 46.6 Å². The molecule has 190 valence electrons. The molecule has 0 aliphatic carbocycles. The van der Waals surface area contributed by atoms with Crippen molar-refractivity contribution >= 4 is 51.3 Å². The van der Waals surface area contributed by atoms with E-state index >= 15 is 0 Å². The van der Waals surface area contributed by atoms with Crippen molar-refractivity contribution in [1.82, 2.24) is 20.1 Å². The van der Waals surface area contributed by atoms with Gasteiger partial charge in [-0.1, -0.05) is 33.8 Å². The average Bonchev–Trinajstić information content (AvgIpc) is 3.28. The normalized spacial score (nSPS) is 10.9. The van der Waals surface area contributed by atoms with Crippen LogP contribution in [0.5, 0.6) is 11.5 Å². The predicted molar refractivity (Wildman–Crippen MR) is 144 cm³/mol. The zero-order valence-electron chi connectivity index (χ0n) is 20.5. The number of methoxy groups -OCH3 is 2. The summed E-state index contributed by atoms with van der Waals surface area (Å²) in [5.74, 6) is 1.59. The molecule has 0 bridgehead atoms. The van der Waals surface area contributed by atoms with Crippen LogP contribution in [-0.2, 0) is 22.7 Å². The van der Waals surface area contributed by atoms with Crippen LogP contribution in [0.1, 0.15) is 23.9 Å². The number of anilines is 1. The molecule has 1 aromatic heterocycles. The van der Waals surface area contributed by atoms with Crippen LogP contribution >= 0.6 is 27.7 Å². The third-order valence-corrected chi connectivity index (χ3v) is 7.00. The molecular weight excluding hydrogens is 546 g/mol. The van der Waals surface area contributed by atoms with Crippen molar-refractivity contribution in [2.45, 2.75) is 32.1 Å². The molecule has 0 fully saturated rings. The summed E-state index contributed by atoms with van der Waals surface area (Å²) in [6.45, 7) is 4.74. The van der Waals surface area contributed by atoms with Gasteiger partial charge in [0.25, 0.3) is 0 Å². The summed E-state index contributed by atoms with van der Waals surface area (Å²) in [5.41, 5.74) is 2.58. The van der Waals surface area contributed by atoms with Crippen molar-refractivity contribution in [1.29, 1.82) is 0 Å². The molecule has 1 heterocycles. The standard InChI is InChI=1S/C25H28BrN5O4S/c1-5-31-22(14-27-23(32)11-7-17-6-10-20(34-3)21(13-17)35-4)29-30-25(31)36-15-24(33)28-18-8-9-19(26)16(2)12-18/h6-13H,5,14-15H2,1-4H3,(H,27,32)(H,28,33). The lowest BCUT2D eigenvalue weighted by atomic mass is 10.2. The van der Waals surface area contributed by atoms with Gasteiger partial charge in [-0.05, 0) is 61.4 Å². The summed E-state index contributed by atoms with van der Waals surface area (Å²) >= 11 is 4.75. The molecule has 0 saturated heterocycles. The maximum Gasteiger partial charge on any atom is 0.244 e. The van der Waals surface area contributed by atoms with Crippen LogP contribution in [0.2, 0.25) is 0 Å². The second-order valence-corrected chi connectivity index (χ2v) is 9.41. The molecule has 0 atom stereocenters. The van der Waals surface area contributed by atoms with E-state index in [1.807, 2.05) is 42.7 Å². The quantitative estimate of drug-likeness (QED) is 0.258. The summed E-state index contributed by atoms with van der Waals surface area (Å²) in [6, 6.07) is 11.0. The van der Waals surface area contributed by atoms with Gasteiger partial charge < -0.3 is 24.7 Å². The lowest BCUT2D eigenvalue weighted by Gasteiger charge is -2.09. The highest BCUT2D eigenvalue weighted by molar-refractivity contribution is 9.10. The molecule has 0 unspecified atom stereocenters. The largest absolute Gasteiger partial charge is 0.493 e. The Hall–Kier alpha value is -3.31. The lowest BCUT2D eigenvalue weighted by molar-refractivity contribution is -0.116. The summed E-state index contributed by atoms with van der Waals surface area (Å²) in [6.07, 6.45) is 3.13. The van der Waals surface area contributed by atoms with Gasteiger partial charge in [0.2, 0.25) is 11.8 Å². The monoisotopic (exact) mass is 573 g/mol. The number of amides is 2. The molecule has 2 N–H and O–H groups in total. The number of aryl methyl sites for hydroxylation is 1. The molecule has 0 saturated carbocycles. The molecule has 2 aromatic carbocycles. The third-order valence-electron chi connectivity index (χ3n) is 5.14. The van der Waals surface area contributed by atoms with E-state index in [-0.39, 0.29) is 24.1 Å². The second-order valence-electron chi connectivity index (χ2n) is 7.61. The molecule has 2 amide bonds. The van der Waals surface area contributed by atoms with E-state index in [1.165, 1.54) is 17.8 Å². The fourth-order valence-corrected chi connectivity index (χ4v) is 4.35. The first kappa shape index (κ1) is 27.3. The van der Waals surface area contributed by atoms with Crippen LogP contribution in [0.15, 0.2) is 52.1 Å². The fraction of sp³-hybridized carbons (Fsp3) is 0.280. The van der Waals surface area contributed by atoms with Crippen LogP contribution in [0.4, 0.5) is 5.69 Å². The number of aromatic nitrogens is 3. The van der Waals surface area contributed by atoms with Crippen molar-refractivity contribution < 1.29 is 19.1 Å². The predicted octanol–water partition coefficient (Wildman–Crippen LogP) is 4.45. The minimum Gasteiger partial charge on any atom is -0.493 e. The van der Waals surface area contributed by atoms with Crippen molar-refractivity contribution in [2.24, 2.45) is 0 Å². The fourth-order valence-electron chi connectivity index (χ4n) is 3.28. The van der Waals surface area contributed by atoms with Crippen LogP contribution < -0.4 is 20.1 Å². The molecule has 0 radical (unpaired) electrons. The van der Waals surface area contributed by atoms with E-state index in [1.54, 1.807) is 32.4 Å². The van der Waals surface area contributed by atoms with Gasteiger partial charge in [-0.15, -0.1) is 10.2 Å². The summed E-state index contributed by atoms with van der Waals surface area (Å²) in [7, 11) is 3.13. The molecule has 0 spiro atoms. The van der Waals surface area contributed by atoms with E-state index in [0.717, 1.165) is 21.3 Å². The number of ether oxygens (including phenoxy) is 2. The van der Waals surface area contributed by atoms with E-state index < -0.39 is 0 Å². The van der Waals surface area contributed by atoms with Gasteiger partial charge in [0.1, 0.15) is 0 Å². The topological polar surface area (TPSA) is 107 Å². The van der Waals surface area contributed by atoms with E-state index in [4.69, 9.17) is 9.47 Å². The van der Waals surface area contributed by atoms with Gasteiger partial charge in [0.15, 0.2) is 22.5 Å². The highest BCUT2D eigenvalue weighted by atomic mass is 79.9. The van der Waals surface area contributed by atoms with Gasteiger partial charge >= 0.3 is 0 Å². The number of carbonyl (C=O) groups excluding carboxylic acids is 2. The highest BCUT2D eigenvalue weighted by Crippen LogP contribution is 2.28. The van der Waals surface area contributed by atoms with Crippen molar-refractivity contribution in [3.63, 3.8) is 0 Å². The zero-order valence-corrected chi connectivity index (χ0v) is 22.9. The first-order valence-corrected chi connectivity index (χ1v) is 12.9. The van der Waals surface area contributed by atoms with E-state index in [9.17, 15) is 9.59 Å². The van der Waals surface area contributed by atoms with Gasteiger partial charge in [-0.3, -0.25) is 9.59 Å². The summed E-state index contributed by atoms with van der Waals surface area (Å²) < 4.78 is 13.4. The van der Waals surface area contributed by atoms with Gasteiger partial charge in [-0.2, -0.15) is 0 Å². The Morgan fingerprint density at radius 3 is 2.58 bits per heavy atom. The number of thioether (sulfide) groups is 1. The van der Waals surface area contributed by atoms with Gasteiger partial charge in [0, 0.05) is 22.8 Å². The van der Waals surface area contributed by atoms with Crippen molar-refractivity contribution in [3.05, 3.63) is 63.9 Å². The number of nitrogens with zero attached hydrogens (tertiary/aromatic N) is 3. The number of halogens is 1. The van der Waals surface area contributed by atoms with Gasteiger partial charge in [-0.25, -0.2) is 0 Å². The van der Waals surface area contributed by atoms with E-state index in [0.29, 0.717) is 29.0 Å². The van der Waals surface area contributed by atoms with Gasteiger partial charge in [0.05, 0.1) is 26.5 Å². The molecule has 3 rings (SSSR count). The summed E-state index contributed by atoms with van der Waals surface area (Å²) in [4.78, 5) is 24.7. The Bertz CT molecular complexity index is 1260. The van der Waals surface area contributed by atoms with E-state index in [2.05, 4.69) is 36.8 Å². The average molecular weight is 575 g/mol. The first-order chi connectivity index (χ1) is 17.3.